The van der Waals surface area contributed by atoms with Crippen LogP contribution in [-0.4, -0.2) is 63.0 Å². The SMILES string of the molecule is CN1CCCN(Cc2ccc(CNc3cnc4[nH]c5cnc(-c6cccnc6)cc5c4c3)cc2)CC1. The Morgan fingerprint density at radius 3 is 2.64 bits per heavy atom. The number of nitrogens with one attached hydrogen (secondary N) is 2. The third-order valence-electron chi connectivity index (χ3n) is 7.03. The zero-order chi connectivity index (χ0) is 24.3. The summed E-state index contributed by atoms with van der Waals surface area (Å²) in [6.07, 6.45) is 8.62. The van der Waals surface area contributed by atoms with E-state index >= 15 is 0 Å². The van der Waals surface area contributed by atoms with Crippen molar-refractivity contribution >= 4 is 27.6 Å². The zero-order valence-corrected chi connectivity index (χ0v) is 20.6. The first-order chi connectivity index (χ1) is 17.7. The van der Waals surface area contributed by atoms with Crippen molar-refractivity contribution in [3.63, 3.8) is 0 Å². The fourth-order valence-electron chi connectivity index (χ4n) is 4.93. The van der Waals surface area contributed by atoms with E-state index in [9.17, 15) is 0 Å². The van der Waals surface area contributed by atoms with E-state index in [4.69, 9.17) is 0 Å². The summed E-state index contributed by atoms with van der Waals surface area (Å²) < 4.78 is 0. The molecule has 5 aromatic rings. The fraction of sp³-hybridized carbons (Fsp3) is 0.276. The molecule has 2 N–H and O–H groups in total. The third-order valence-corrected chi connectivity index (χ3v) is 7.03. The molecule has 6 rings (SSSR count). The van der Waals surface area contributed by atoms with Crippen molar-refractivity contribution in [2.75, 3.05) is 38.5 Å². The average molecular weight is 478 g/mol. The molecule has 1 saturated heterocycles. The van der Waals surface area contributed by atoms with E-state index < -0.39 is 0 Å². The number of hydrogen-bond acceptors (Lipinski definition) is 6. The molecule has 1 aliphatic heterocycles. The van der Waals surface area contributed by atoms with Crippen LogP contribution in [0.5, 0.6) is 0 Å². The zero-order valence-electron chi connectivity index (χ0n) is 20.6. The number of aromatic nitrogens is 4. The van der Waals surface area contributed by atoms with Gasteiger partial charge in [-0.3, -0.25) is 14.9 Å². The summed E-state index contributed by atoms with van der Waals surface area (Å²) in [5.41, 5.74) is 7.39. The van der Waals surface area contributed by atoms with Gasteiger partial charge in [0.15, 0.2) is 0 Å². The van der Waals surface area contributed by atoms with E-state index in [2.05, 4.69) is 78.5 Å². The van der Waals surface area contributed by atoms with E-state index in [0.29, 0.717) is 0 Å². The Kier molecular flexibility index (Phi) is 6.32. The normalized spacial score (nSPS) is 15.4. The second-order valence-corrected chi connectivity index (χ2v) is 9.71. The van der Waals surface area contributed by atoms with Crippen LogP contribution in [0.25, 0.3) is 33.2 Å². The monoisotopic (exact) mass is 477 g/mol. The van der Waals surface area contributed by atoms with Crippen LogP contribution in [0.4, 0.5) is 5.69 Å². The van der Waals surface area contributed by atoms with Crippen molar-refractivity contribution in [1.29, 1.82) is 0 Å². The van der Waals surface area contributed by atoms with Crippen LogP contribution in [-0.2, 0) is 13.1 Å². The molecule has 0 spiro atoms. The maximum Gasteiger partial charge on any atom is 0.138 e. The minimum Gasteiger partial charge on any atom is -0.380 e. The van der Waals surface area contributed by atoms with Crippen LogP contribution >= 0.6 is 0 Å². The molecule has 0 unspecified atom stereocenters. The Morgan fingerprint density at radius 1 is 0.889 bits per heavy atom. The van der Waals surface area contributed by atoms with Gasteiger partial charge in [-0.15, -0.1) is 0 Å². The summed E-state index contributed by atoms with van der Waals surface area (Å²) in [6.45, 7) is 6.45. The van der Waals surface area contributed by atoms with Gasteiger partial charge in [0, 0.05) is 54.9 Å². The molecule has 0 bridgehead atoms. The number of anilines is 1. The lowest BCUT2D eigenvalue weighted by molar-refractivity contribution is 0.269. The van der Waals surface area contributed by atoms with Gasteiger partial charge in [-0.2, -0.15) is 0 Å². The number of rotatable bonds is 6. The highest BCUT2D eigenvalue weighted by molar-refractivity contribution is 6.07. The third kappa shape index (κ3) is 4.94. The van der Waals surface area contributed by atoms with Crippen molar-refractivity contribution in [1.82, 2.24) is 29.7 Å². The van der Waals surface area contributed by atoms with E-state index in [1.165, 1.54) is 30.6 Å². The summed E-state index contributed by atoms with van der Waals surface area (Å²) >= 11 is 0. The Balaban J connectivity index is 1.15. The van der Waals surface area contributed by atoms with Gasteiger partial charge in [0.05, 0.1) is 29.3 Å². The van der Waals surface area contributed by atoms with Gasteiger partial charge in [0.25, 0.3) is 0 Å². The highest BCUT2D eigenvalue weighted by atomic mass is 15.2. The molecule has 0 radical (unpaired) electrons. The van der Waals surface area contributed by atoms with Crippen molar-refractivity contribution in [2.45, 2.75) is 19.5 Å². The van der Waals surface area contributed by atoms with E-state index in [0.717, 1.165) is 65.1 Å². The topological polar surface area (TPSA) is 73.0 Å². The van der Waals surface area contributed by atoms with Gasteiger partial charge < -0.3 is 15.2 Å². The van der Waals surface area contributed by atoms with Crippen molar-refractivity contribution in [2.24, 2.45) is 0 Å². The van der Waals surface area contributed by atoms with Gasteiger partial charge in [0.2, 0.25) is 0 Å². The molecule has 36 heavy (non-hydrogen) atoms. The first kappa shape index (κ1) is 22.6. The van der Waals surface area contributed by atoms with Crippen LogP contribution in [0.2, 0.25) is 0 Å². The number of H-pyrrole nitrogens is 1. The van der Waals surface area contributed by atoms with Gasteiger partial charge >= 0.3 is 0 Å². The first-order valence-electron chi connectivity index (χ1n) is 12.6. The van der Waals surface area contributed by atoms with Crippen LogP contribution in [0.15, 0.2) is 73.3 Å². The summed E-state index contributed by atoms with van der Waals surface area (Å²) in [6, 6.07) is 17.2. The molecular formula is C29H31N7. The molecule has 0 atom stereocenters. The minimum absolute atomic E-state index is 0.757. The van der Waals surface area contributed by atoms with Gasteiger partial charge in [0.1, 0.15) is 5.65 Å². The number of fused-ring (bicyclic) bond motifs is 3. The highest BCUT2D eigenvalue weighted by Gasteiger charge is 2.12. The largest absolute Gasteiger partial charge is 0.380 e. The molecule has 0 saturated carbocycles. The molecule has 0 aliphatic carbocycles. The van der Waals surface area contributed by atoms with E-state index in [-0.39, 0.29) is 0 Å². The Labute approximate surface area is 211 Å². The maximum absolute atomic E-state index is 4.66. The predicted octanol–water partition coefficient (Wildman–Crippen LogP) is 4.92. The quantitative estimate of drug-likeness (QED) is 0.362. The fourth-order valence-corrected chi connectivity index (χ4v) is 4.93. The smallest absolute Gasteiger partial charge is 0.138 e. The molecule has 1 fully saturated rings. The summed E-state index contributed by atoms with van der Waals surface area (Å²) in [5, 5.41) is 5.74. The molecule has 1 aliphatic rings. The minimum atomic E-state index is 0.757. The predicted molar refractivity (Wildman–Crippen MR) is 146 cm³/mol. The number of aromatic amines is 1. The summed E-state index contributed by atoms with van der Waals surface area (Å²) in [7, 11) is 2.22. The molecule has 4 aromatic heterocycles. The highest BCUT2D eigenvalue weighted by Crippen LogP contribution is 2.29. The van der Waals surface area contributed by atoms with Crippen molar-refractivity contribution < 1.29 is 0 Å². The van der Waals surface area contributed by atoms with Crippen LogP contribution < -0.4 is 5.32 Å². The number of nitrogens with zero attached hydrogens (tertiary/aromatic N) is 5. The number of likely N-dealkylation sites (N-methyl/N-ethyl adjacent to an activating group) is 1. The van der Waals surface area contributed by atoms with Gasteiger partial charge in [-0.05, 0) is 62.0 Å². The Bertz CT molecular complexity index is 1460. The Morgan fingerprint density at radius 2 is 1.78 bits per heavy atom. The number of hydrogen-bond donors (Lipinski definition) is 2. The van der Waals surface area contributed by atoms with Crippen LogP contribution in [0.1, 0.15) is 17.5 Å². The van der Waals surface area contributed by atoms with Crippen LogP contribution in [0, 0.1) is 0 Å². The first-order valence-corrected chi connectivity index (χ1v) is 12.6. The lowest BCUT2D eigenvalue weighted by Gasteiger charge is -2.20. The lowest BCUT2D eigenvalue weighted by atomic mass is 10.1. The number of benzene rings is 1. The van der Waals surface area contributed by atoms with Gasteiger partial charge in [-0.25, -0.2) is 4.98 Å². The van der Waals surface area contributed by atoms with Crippen LogP contribution in [0.3, 0.4) is 0 Å². The molecular weight excluding hydrogens is 446 g/mol. The molecule has 5 heterocycles. The molecule has 7 heteroatoms. The summed E-state index contributed by atoms with van der Waals surface area (Å²) in [5.74, 6) is 0. The van der Waals surface area contributed by atoms with E-state index in [1.54, 1.807) is 6.20 Å². The molecule has 0 amide bonds. The molecule has 7 nitrogen and oxygen atoms in total. The Hall–Kier alpha value is -3.81. The summed E-state index contributed by atoms with van der Waals surface area (Å²) in [4.78, 5) is 21.9. The second-order valence-electron chi connectivity index (χ2n) is 9.71. The average Bonchev–Trinajstić information content (AvgIpc) is 3.16. The van der Waals surface area contributed by atoms with Crippen molar-refractivity contribution in [3.05, 3.63) is 84.4 Å². The molecule has 1 aromatic carbocycles. The maximum atomic E-state index is 4.66. The second kappa shape index (κ2) is 10.0. The standard InChI is InChI=1S/C29H31N7/c1-35-10-3-11-36(13-12-35)20-22-7-5-21(6-8-22)16-31-24-14-26-25-15-27(23-4-2-9-30-17-23)32-19-28(25)34-29(26)33-18-24/h2,4-9,14-15,17-19,31H,3,10-13,16,20H2,1H3,(H,33,34). The van der Waals surface area contributed by atoms with E-state index in [1.807, 2.05) is 30.7 Å². The van der Waals surface area contributed by atoms with Crippen molar-refractivity contribution in [3.8, 4) is 11.3 Å². The number of pyridine rings is 3. The molecule has 182 valence electrons. The lowest BCUT2D eigenvalue weighted by Crippen LogP contribution is -2.28. The van der Waals surface area contributed by atoms with Gasteiger partial charge in [-0.1, -0.05) is 24.3 Å².